The number of methoxy groups -OCH3 is 1. The number of carboxylic acids is 1. The minimum Gasteiger partial charge on any atom is -0.478 e. The van der Waals surface area contributed by atoms with Gasteiger partial charge < -0.3 is 19.6 Å². The Balaban J connectivity index is 1.66. The second-order valence-electron chi connectivity index (χ2n) is 8.47. The van der Waals surface area contributed by atoms with Crippen molar-refractivity contribution in [1.82, 2.24) is 0 Å². The molecule has 0 radical (unpaired) electrons. The number of benzene rings is 4. The normalized spacial score (nSPS) is 10.7. The lowest BCUT2D eigenvalue weighted by atomic mass is 9.99. The molecule has 6 nitrogen and oxygen atoms in total. The molecule has 4 aromatic carbocycles. The van der Waals surface area contributed by atoms with Crippen LogP contribution in [0.4, 0.5) is 22.7 Å². The summed E-state index contributed by atoms with van der Waals surface area (Å²) in [6, 6.07) is 29.0. The maximum atomic E-state index is 13.5. The topological polar surface area (TPSA) is 70.1 Å². The van der Waals surface area contributed by atoms with E-state index in [1.165, 1.54) is 6.07 Å². The fraction of sp³-hybridized carbons (Fsp3) is 0.133. The summed E-state index contributed by atoms with van der Waals surface area (Å²) >= 11 is 6.00. The predicted molar refractivity (Wildman–Crippen MR) is 148 cm³/mol. The molecule has 0 amide bonds. The first-order chi connectivity index (χ1) is 17.9. The fourth-order valence-corrected chi connectivity index (χ4v) is 4.16. The number of hydrogen-bond donors (Lipinski definition) is 1. The van der Waals surface area contributed by atoms with Gasteiger partial charge in [-0.15, -0.1) is 0 Å². The van der Waals surface area contributed by atoms with E-state index < -0.39 is 5.97 Å². The van der Waals surface area contributed by atoms with E-state index in [2.05, 4.69) is 0 Å². The number of rotatable bonds is 10. The van der Waals surface area contributed by atoms with Gasteiger partial charge in [0.1, 0.15) is 0 Å². The lowest BCUT2D eigenvalue weighted by Crippen LogP contribution is -2.22. The van der Waals surface area contributed by atoms with Crippen molar-refractivity contribution in [2.24, 2.45) is 0 Å². The zero-order chi connectivity index (χ0) is 26.4. The van der Waals surface area contributed by atoms with Crippen molar-refractivity contribution < 1.29 is 19.4 Å². The minimum absolute atomic E-state index is 0.0401. The third kappa shape index (κ3) is 6.17. The van der Waals surface area contributed by atoms with Gasteiger partial charge in [0, 0.05) is 59.6 Å². The molecule has 0 aliphatic rings. The van der Waals surface area contributed by atoms with Gasteiger partial charge >= 0.3 is 5.97 Å². The van der Waals surface area contributed by atoms with E-state index in [9.17, 15) is 14.7 Å². The van der Waals surface area contributed by atoms with E-state index in [1.54, 1.807) is 31.4 Å². The van der Waals surface area contributed by atoms with Crippen LogP contribution in [-0.2, 0) is 4.74 Å². The number of carboxylic acid groups (broad SMARTS) is 1. The highest BCUT2D eigenvalue weighted by atomic mass is 35.5. The number of halogens is 1. The molecule has 4 aromatic rings. The van der Waals surface area contributed by atoms with Crippen LogP contribution in [0, 0.1) is 0 Å². The largest absolute Gasteiger partial charge is 0.478 e. The zero-order valence-electron chi connectivity index (χ0n) is 20.6. The molecule has 0 unspecified atom stereocenters. The van der Waals surface area contributed by atoms with Crippen molar-refractivity contribution in [2.75, 3.05) is 37.1 Å². The number of ketones is 1. The summed E-state index contributed by atoms with van der Waals surface area (Å²) in [6.07, 6.45) is 0. The summed E-state index contributed by atoms with van der Waals surface area (Å²) in [5.74, 6) is -1.36. The molecule has 4 rings (SSSR count). The highest BCUT2D eigenvalue weighted by molar-refractivity contribution is 6.30. The van der Waals surface area contributed by atoms with Gasteiger partial charge in [-0.3, -0.25) is 4.79 Å². The number of para-hydroxylation sites is 1. The molecule has 0 saturated heterocycles. The minimum atomic E-state index is -1.10. The van der Waals surface area contributed by atoms with Crippen LogP contribution in [-0.4, -0.2) is 44.2 Å². The summed E-state index contributed by atoms with van der Waals surface area (Å²) in [6.45, 7) is 0.918. The van der Waals surface area contributed by atoms with Gasteiger partial charge in [-0.05, 0) is 78.9 Å². The standard InChI is InChI=1S/C30H27ClN2O4/c1-32(26-14-10-24(31)11-15-26)25-12-8-21(9-13-25)29(34)22-18-23(30(35)36)20-28(19-22)33(16-17-37-2)27-6-4-3-5-7-27/h3-15,18-20H,16-17H2,1-2H3,(H,35,36). The van der Waals surface area contributed by atoms with Crippen molar-refractivity contribution in [3.63, 3.8) is 0 Å². The number of ether oxygens (including phenoxy) is 1. The molecular formula is C30H27ClN2O4. The summed E-state index contributed by atoms with van der Waals surface area (Å²) in [7, 11) is 3.54. The van der Waals surface area contributed by atoms with Crippen LogP contribution in [0.5, 0.6) is 0 Å². The van der Waals surface area contributed by atoms with Gasteiger partial charge in [-0.2, -0.15) is 0 Å². The molecule has 0 bridgehead atoms. The Bertz CT molecular complexity index is 1370. The molecule has 0 aliphatic carbocycles. The molecule has 37 heavy (non-hydrogen) atoms. The van der Waals surface area contributed by atoms with Crippen molar-refractivity contribution in [3.05, 3.63) is 119 Å². The third-order valence-corrected chi connectivity index (χ3v) is 6.31. The van der Waals surface area contributed by atoms with Crippen LogP contribution in [0.3, 0.4) is 0 Å². The van der Waals surface area contributed by atoms with Crippen molar-refractivity contribution in [2.45, 2.75) is 0 Å². The van der Waals surface area contributed by atoms with E-state index in [-0.39, 0.29) is 11.3 Å². The van der Waals surface area contributed by atoms with Crippen LogP contribution >= 0.6 is 11.6 Å². The molecule has 188 valence electrons. The van der Waals surface area contributed by atoms with Gasteiger partial charge in [0.15, 0.2) is 5.78 Å². The number of nitrogens with zero attached hydrogens (tertiary/aromatic N) is 2. The van der Waals surface area contributed by atoms with E-state index in [4.69, 9.17) is 16.3 Å². The number of carbonyl (C=O) groups is 2. The van der Waals surface area contributed by atoms with Crippen LogP contribution < -0.4 is 9.80 Å². The van der Waals surface area contributed by atoms with Crippen molar-refractivity contribution >= 4 is 46.1 Å². The quantitative estimate of drug-likeness (QED) is 0.234. The lowest BCUT2D eigenvalue weighted by molar-refractivity contribution is 0.0697. The smallest absolute Gasteiger partial charge is 0.335 e. The van der Waals surface area contributed by atoms with Gasteiger partial charge in [-0.1, -0.05) is 29.8 Å². The van der Waals surface area contributed by atoms with Crippen LogP contribution in [0.1, 0.15) is 26.3 Å². The SMILES string of the molecule is COCCN(c1ccccc1)c1cc(C(=O)O)cc(C(=O)c2ccc(N(C)c3ccc(Cl)cc3)cc2)c1. The van der Waals surface area contributed by atoms with Crippen molar-refractivity contribution in [1.29, 1.82) is 0 Å². The molecule has 0 saturated carbocycles. The Morgan fingerprint density at radius 3 is 1.95 bits per heavy atom. The van der Waals surface area contributed by atoms with E-state index in [0.29, 0.717) is 35.0 Å². The average molecular weight is 515 g/mol. The Kier molecular flexibility index (Phi) is 8.23. The summed E-state index contributed by atoms with van der Waals surface area (Å²) in [5, 5.41) is 10.4. The van der Waals surface area contributed by atoms with Crippen LogP contribution in [0.2, 0.25) is 5.02 Å². The summed E-state index contributed by atoms with van der Waals surface area (Å²) < 4.78 is 5.27. The summed E-state index contributed by atoms with van der Waals surface area (Å²) in [5.41, 5.74) is 4.13. The number of anilines is 4. The highest BCUT2D eigenvalue weighted by Crippen LogP contribution is 2.29. The Morgan fingerprint density at radius 2 is 1.35 bits per heavy atom. The molecular weight excluding hydrogens is 488 g/mol. The maximum absolute atomic E-state index is 13.5. The van der Waals surface area contributed by atoms with Gasteiger partial charge in [0.25, 0.3) is 0 Å². The second kappa shape index (κ2) is 11.7. The molecule has 7 heteroatoms. The Hall–Kier alpha value is -4.13. The first-order valence-electron chi connectivity index (χ1n) is 11.7. The molecule has 0 spiro atoms. The predicted octanol–water partition coefficient (Wildman–Crippen LogP) is 6.82. The fourth-order valence-electron chi connectivity index (χ4n) is 4.04. The van der Waals surface area contributed by atoms with Gasteiger partial charge in [-0.25, -0.2) is 4.79 Å². The summed E-state index contributed by atoms with van der Waals surface area (Å²) in [4.78, 5) is 29.3. The first kappa shape index (κ1) is 25.9. The third-order valence-electron chi connectivity index (χ3n) is 6.06. The molecule has 0 fully saturated rings. The van der Waals surface area contributed by atoms with E-state index >= 15 is 0 Å². The second-order valence-corrected chi connectivity index (χ2v) is 8.90. The molecule has 0 atom stereocenters. The zero-order valence-corrected chi connectivity index (χ0v) is 21.4. The number of hydrogen-bond acceptors (Lipinski definition) is 5. The monoisotopic (exact) mass is 514 g/mol. The molecule has 1 N–H and O–H groups in total. The van der Waals surface area contributed by atoms with E-state index in [0.717, 1.165) is 17.1 Å². The Labute approximate surface area is 221 Å². The number of aromatic carboxylic acids is 1. The van der Waals surface area contributed by atoms with E-state index in [1.807, 2.05) is 83.6 Å². The molecule has 0 aliphatic heterocycles. The number of carbonyl (C=O) groups excluding carboxylic acids is 1. The lowest BCUT2D eigenvalue weighted by Gasteiger charge is -2.25. The maximum Gasteiger partial charge on any atom is 0.335 e. The molecule has 0 aromatic heterocycles. The van der Waals surface area contributed by atoms with Gasteiger partial charge in [0.05, 0.1) is 12.2 Å². The van der Waals surface area contributed by atoms with Gasteiger partial charge in [0.2, 0.25) is 0 Å². The molecule has 0 heterocycles. The highest BCUT2D eigenvalue weighted by Gasteiger charge is 2.18. The average Bonchev–Trinajstić information content (AvgIpc) is 2.93. The van der Waals surface area contributed by atoms with Crippen molar-refractivity contribution in [3.8, 4) is 0 Å². The van der Waals surface area contributed by atoms with Crippen LogP contribution in [0.15, 0.2) is 97.1 Å². The van der Waals surface area contributed by atoms with Crippen LogP contribution in [0.25, 0.3) is 0 Å². The Morgan fingerprint density at radius 1 is 0.757 bits per heavy atom. The first-order valence-corrected chi connectivity index (χ1v) is 12.1.